The van der Waals surface area contributed by atoms with Crippen LogP contribution in [-0.2, 0) is 4.79 Å². The van der Waals surface area contributed by atoms with E-state index in [4.69, 9.17) is 16.0 Å². The molecule has 8 heteroatoms. The molecule has 1 amide bonds. The molecule has 0 aliphatic carbocycles. The van der Waals surface area contributed by atoms with Crippen LogP contribution in [0.3, 0.4) is 0 Å². The summed E-state index contributed by atoms with van der Waals surface area (Å²) in [4.78, 5) is 16.1. The minimum atomic E-state index is -4.95. The number of hydrogen-bond acceptors (Lipinski definition) is 3. The summed E-state index contributed by atoms with van der Waals surface area (Å²) in [6, 6.07) is 9.54. The van der Waals surface area contributed by atoms with Gasteiger partial charge in [-0.2, -0.15) is 13.2 Å². The van der Waals surface area contributed by atoms with Crippen molar-refractivity contribution in [1.29, 1.82) is 0 Å². The first-order valence-electron chi connectivity index (χ1n) is 7.19. The van der Waals surface area contributed by atoms with Crippen molar-refractivity contribution in [1.82, 2.24) is 4.98 Å². The van der Waals surface area contributed by atoms with E-state index >= 15 is 0 Å². The first-order valence-corrected chi connectivity index (χ1v) is 7.56. The van der Waals surface area contributed by atoms with Crippen LogP contribution in [-0.4, -0.2) is 24.1 Å². The summed E-state index contributed by atoms with van der Waals surface area (Å²) in [6.45, 7) is 1.89. The van der Waals surface area contributed by atoms with E-state index in [0.717, 1.165) is 12.6 Å². The number of fused-ring (bicyclic) bond motifs is 1. The minimum absolute atomic E-state index is 0.0486. The van der Waals surface area contributed by atoms with Gasteiger partial charge in [-0.3, -0.25) is 4.79 Å². The number of benzene rings is 2. The number of aryl methyl sites for hydroxylation is 1. The van der Waals surface area contributed by atoms with Crippen LogP contribution in [0.5, 0.6) is 0 Å². The second kappa shape index (κ2) is 6.07. The monoisotopic (exact) mass is 368 g/mol. The molecule has 0 fully saturated rings. The van der Waals surface area contributed by atoms with Gasteiger partial charge in [0.2, 0.25) is 5.89 Å². The zero-order valence-corrected chi connectivity index (χ0v) is 13.9. The summed E-state index contributed by atoms with van der Waals surface area (Å²) in [5.74, 6) is -1.71. The molecule has 0 bridgehead atoms. The number of oxazole rings is 1. The van der Waals surface area contributed by atoms with Crippen LogP contribution in [0.25, 0.3) is 22.6 Å². The van der Waals surface area contributed by atoms with Gasteiger partial charge < -0.3 is 9.32 Å². The molecule has 3 rings (SSSR count). The van der Waals surface area contributed by atoms with Crippen LogP contribution in [0, 0.1) is 6.92 Å². The van der Waals surface area contributed by atoms with Crippen molar-refractivity contribution in [2.24, 2.45) is 0 Å². The number of rotatable bonds is 2. The third kappa shape index (κ3) is 3.32. The molecule has 0 unspecified atom stereocenters. The second-order valence-electron chi connectivity index (χ2n) is 5.52. The predicted molar refractivity (Wildman–Crippen MR) is 88.7 cm³/mol. The predicted octanol–water partition coefficient (Wildman–Crippen LogP) is 4.98. The molecule has 0 saturated carbocycles. The lowest BCUT2D eigenvalue weighted by atomic mass is 10.1. The lowest BCUT2D eigenvalue weighted by Crippen LogP contribution is -2.38. The second-order valence-corrected chi connectivity index (χ2v) is 5.92. The highest BCUT2D eigenvalue weighted by molar-refractivity contribution is 6.33. The molecule has 1 aromatic heterocycles. The third-order valence-corrected chi connectivity index (χ3v) is 3.97. The molecule has 0 N–H and O–H groups in total. The number of hydrogen-bond donors (Lipinski definition) is 0. The van der Waals surface area contributed by atoms with Crippen molar-refractivity contribution in [3.05, 3.63) is 47.0 Å². The van der Waals surface area contributed by atoms with Gasteiger partial charge in [-0.05, 0) is 36.8 Å². The molecule has 130 valence electrons. The van der Waals surface area contributed by atoms with E-state index in [2.05, 4.69) is 4.98 Å². The standard InChI is InChI=1S/C17H12ClF3N2O2/c1-9-3-5-11(12(18)7-9)15-22-13-6-4-10(8-14(13)25-15)23(2)16(24)17(19,20)21/h3-8H,1-2H3. The highest BCUT2D eigenvalue weighted by atomic mass is 35.5. The Hall–Kier alpha value is -2.54. The fourth-order valence-electron chi connectivity index (χ4n) is 2.34. The first kappa shape index (κ1) is 17.3. The SMILES string of the molecule is Cc1ccc(-c2nc3ccc(N(C)C(=O)C(F)(F)F)cc3o2)c(Cl)c1. The van der Waals surface area contributed by atoms with Crippen LogP contribution in [0.15, 0.2) is 40.8 Å². The van der Waals surface area contributed by atoms with Crippen LogP contribution < -0.4 is 4.90 Å². The third-order valence-electron chi connectivity index (χ3n) is 3.66. The van der Waals surface area contributed by atoms with Crippen LogP contribution in [0.1, 0.15) is 5.56 Å². The van der Waals surface area contributed by atoms with Gasteiger partial charge >= 0.3 is 12.1 Å². The molecule has 0 atom stereocenters. The highest BCUT2D eigenvalue weighted by Gasteiger charge is 2.41. The molecule has 0 spiro atoms. The number of nitrogens with zero attached hydrogens (tertiary/aromatic N) is 2. The zero-order valence-electron chi connectivity index (χ0n) is 13.2. The maximum Gasteiger partial charge on any atom is 0.471 e. The molecule has 1 heterocycles. The molecular weight excluding hydrogens is 357 g/mol. The van der Waals surface area contributed by atoms with E-state index in [1.54, 1.807) is 12.1 Å². The van der Waals surface area contributed by atoms with Gasteiger partial charge in [-0.25, -0.2) is 4.98 Å². The van der Waals surface area contributed by atoms with E-state index in [1.165, 1.54) is 18.2 Å². The fourth-order valence-corrected chi connectivity index (χ4v) is 2.65. The van der Waals surface area contributed by atoms with E-state index in [9.17, 15) is 18.0 Å². The maximum atomic E-state index is 12.6. The number of carbonyl (C=O) groups excluding carboxylic acids is 1. The Labute approximate surface area is 145 Å². The van der Waals surface area contributed by atoms with Gasteiger partial charge in [0.1, 0.15) is 5.52 Å². The number of alkyl halides is 3. The molecule has 0 aliphatic heterocycles. The Balaban J connectivity index is 2.01. The Kier molecular flexibility index (Phi) is 4.20. The summed E-state index contributed by atoms with van der Waals surface area (Å²) in [6.07, 6.45) is -4.95. The summed E-state index contributed by atoms with van der Waals surface area (Å²) in [5.41, 5.74) is 2.30. The molecule has 25 heavy (non-hydrogen) atoms. The van der Waals surface area contributed by atoms with E-state index in [-0.39, 0.29) is 17.2 Å². The Morgan fingerprint density at radius 1 is 1.20 bits per heavy atom. The van der Waals surface area contributed by atoms with Crippen LogP contribution >= 0.6 is 11.6 Å². The van der Waals surface area contributed by atoms with Crippen molar-refractivity contribution >= 4 is 34.3 Å². The quantitative estimate of drug-likeness (QED) is 0.640. The van der Waals surface area contributed by atoms with Gasteiger partial charge in [0.15, 0.2) is 5.58 Å². The van der Waals surface area contributed by atoms with E-state index < -0.39 is 12.1 Å². The van der Waals surface area contributed by atoms with Crippen LogP contribution in [0.4, 0.5) is 18.9 Å². The van der Waals surface area contributed by atoms with Crippen LogP contribution in [0.2, 0.25) is 5.02 Å². The molecule has 0 radical (unpaired) electrons. The van der Waals surface area contributed by atoms with Gasteiger partial charge in [0, 0.05) is 18.8 Å². The lowest BCUT2D eigenvalue weighted by Gasteiger charge is -2.18. The highest BCUT2D eigenvalue weighted by Crippen LogP contribution is 2.32. The number of aromatic nitrogens is 1. The summed E-state index contributed by atoms with van der Waals surface area (Å²) < 4.78 is 43.3. The van der Waals surface area contributed by atoms with E-state index in [1.807, 2.05) is 13.0 Å². The van der Waals surface area contributed by atoms with Gasteiger partial charge in [0.05, 0.1) is 10.6 Å². The molecule has 4 nitrogen and oxygen atoms in total. The summed E-state index contributed by atoms with van der Waals surface area (Å²) in [7, 11) is 1.05. The van der Waals surface area contributed by atoms with Gasteiger partial charge in [0.25, 0.3) is 0 Å². The normalized spacial score (nSPS) is 11.8. The van der Waals surface area contributed by atoms with Gasteiger partial charge in [-0.15, -0.1) is 0 Å². The maximum absolute atomic E-state index is 12.6. The molecule has 3 aromatic rings. The van der Waals surface area contributed by atoms with Crippen molar-refractivity contribution in [3.63, 3.8) is 0 Å². The Bertz CT molecular complexity index is 966. The fraction of sp³-hybridized carbons (Fsp3) is 0.176. The number of halogens is 4. The van der Waals surface area contributed by atoms with Crippen molar-refractivity contribution in [2.75, 3.05) is 11.9 Å². The average molecular weight is 369 g/mol. The smallest absolute Gasteiger partial charge is 0.436 e. The molecule has 0 aliphatic rings. The topological polar surface area (TPSA) is 46.3 Å². The zero-order chi connectivity index (χ0) is 18.4. The largest absolute Gasteiger partial charge is 0.471 e. The van der Waals surface area contributed by atoms with E-state index in [0.29, 0.717) is 21.0 Å². The molecule has 2 aromatic carbocycles. The lowest BCUT2D eigenvalue weighted by molar-refractivity contribution is -0.170. The Morgan fingerprint density at radius 2 is 1.92 bits per heavy atom. The van der Waals surface area contributed by atoms with Crippen molar-refractivity contribution in [2.45, 2.75) is 13.1 Å². The first-order chi connectivity index (χ1) is 11.7. The molecule has 0 saturated heterocycles. The summed E-state index contributed by atoms with van der Waals surface area (Å²) in [5, 5.41) is 0.455. The summed E-state index contributed by atoms with van der Waals surface area (Å²) >= 11 is 6.19. The van der Waals surface area contributed by atoms with Gasteiger partial charge in [-0.1, -0.05) is 17.7 Å². The Morgan fingerprint density at radius 3 is 2.56 bits per heavy atom. The van der Waals surface area contributed by atoms with Crippen molar-refractivity contribution < 1.29 is 22.4 Å². The minimum Gasteiger partial charge on any atom is -0.436 e. The number of amides is 1. The average Bonchev–Trinajstić information content (AvgIpc) is 2.95. The number of carbonyl (C=O) groups is 1. The number of anilines is 1. The van der Waals surface area contributed by atoms with Crippen molar-refractivity contribution in [3.8, 4) is 11.5 Å². The molecular formula is C17H12ClF3N2O2.